The van der Waals surface area contributed by atoms with Gasteiger partial charge in [0, 0.05) is 16.2 Å². The summed E-state index contributed by atoms with van der Waals surface area (Å²) in [6.45, 7) is 0.569. The average Bonchev–Trinajstić information content (AvgIpc) is 2.46. The van der Waals surface area contributed by atoms with Gasteiger partial charge in [0.25, 0.3) is 0 Å². The highest BCUT2D eigenvalue weighted by Crippen LogP contribution is 2.25. The second-order valence-electron chi connectivity index (χ2n) is 3.82. The highest BCUT2D eigenvalue weighted by atomic mass is 35.5. The summed E-state index contributed by atoms with van der Waals surface area (Å²) in [4.78, 5) is 11.8. The molecule has 0 aromatic heterocycles. The minimum atomic E-state index is 0.467. The summed E-state index contributed by atoms with van der Waals surface area (Å²) in [5.41, 5.74) is 0.552. The summed E-state index contributed by atoms with van der Waals surface area (Å²) < 4.78 is 5.59. The number of thioether (sulfide) groups is 1. The van der Waals surface area contributed by atoms with Crippen molar-refractivity contribution in [2.24, 2.45) is 0 Å². The van der Waals surface area contributed by atoms with E-state index in [4.69, 9.17) is 16.3 Å². The molecular weight excluding hydrogens is 280 g/mol. The first kappa shape index (κ1) is 14.0. The van der Waals surface area contributed by atoms with Crippen LogP contribution in [0.4, 0.5) is 0 Å². The Bertz CT molecular complexity index is 543. The van der Waals surface area contributed by atoms with Gasteiger partial charge in [-0.05, 0) is 30.3 Å². The molecule has 0 aliphatic heterocycles. The fourth-order valence-corrected chi connectivity index (χ4v) is 2.53. The SMILES string of the molecule is O=Cc1ccc(OCCSc2ccccc2)c(Cl)c1. The molecule has 0 fully saturated rings. The zero-order chi connectivity index (χ0) is 13.5. The standard InChI is InChI=1S/C15H13ClO2S/c16-14-10-12(11-17)6-7-15(14)18-8-9-19-13-4-2-1-3-5-13/h1-7,10-11H,8-9H2. The van der Waals surface area contributed by atoms with E-state index in [1.54, 1.807) is 30.0 Å². The Morgan fingerprint density at radius 3 is 2.63 bits per heavy atom. The van der Waals surface area contributed by atoms with Gasteiger partial charge in [0.1, 0.15) is 12.0 Å². The van der Waals surface area contributed by atoms with Crippen LogP contribution in [0.1, 0.15) is 10.4 Å². The van der Waals surface area contributed by atoms with Gasteiger partial charge in [0.15, 0.2) is 0 Å². The first-order valence-electron chi connectivity index (χ1n) is 5.85. The van der Waals surface area contributed by atoms with Crippen LogP contribution < -0.4 is 4.74 Å². The summed E-state index contributed by atoms with van der Waals surface area (Å²) in [7, 11) is 0. The molecule has 2 rings (SSSR count). The second kappa shape index (κ2) is 7.22. The number of rotatable bonds is 6. The molecule has 2 nitrogen and oxygen atoms in total. The van der Waals surface area contributed by atoms with E-state index in [1.165, 1.54) is 4.90 Å². The van der Waals surface area contributed by atoms with Gasteiger partial charge in [-0.2, -0.15) is 0 Å². The molecule has 0 heterocycles. The molecule has 0 aliphatic carbocycles. The monoisotopic (exact) mass is 292 g/mol. The van der Waals surface area contributed by atoms with E-state index < -0.39 is 0 Å². The fourth-order valence-electron chi connectivity index (χ4n) is 1.54. The molecule has 0 amide bonds. The number of hydrogen-bond acceptors (Lipinski definition) is 3. The lowest BCUT2D eigenvalue weighted by Gasteiger charge is -2.08. The van der Waals surface area contributed by atoms with Crippen LogP contribution in [0.25, 0.3) is 0 Å². The third-order valence-corrected chi connectivity index (χ3v) is 3.72. The van der Waals surface area contributed by atoms with Crippen molar-refractivity contribution in [1.82, 2.24) is 0 Å². The zero-order valence-corrected chi connectivity index (χ0v) is 11.8. The second-order valence-corrected chi connectivity index (χ2v) is 5.39. The van der Waals surface area contributed by atoms with Crippen molar-refractivity contribution < 1.29 is 9.53 Å². The van der Waals surface area contributed by atoms with Gasteiger partial charge in [0.05, 0.1) is 11.6 Å². The molecule has 0 spiro atoms. The molecule has 0 N–H and O–H groups in total. The van der Waals surface area contributed by atoms with Crippen LogP contribution in [0.3, 0.4) is 0 Å². The van der Waals surface area contributed by atoms with E-state index >= 15 is 0 Å². The first-order valence-corrected chi connectivity index (χ1v) is 7.21. The Balaban J connectivity index is 1.81. The predicted octanol–water partition coefficient (Wildman–Crippen LogP) is 4.32. The maximum atomic E-state index is 10.6. The van der Waals surface area contributed by atoms with E-state index in [0.717, 1.165) is 12.0 Å². The fraction of sp³-hybridized carbons (Fsp3) is 0.133. The molecule has 0 bridgehead atoms. The molecular formula is C15H13ClO2S. The van der Waals surface area contributed by atoms with Gasteiger partial charge < -0.3 is 4.74 Å². The number of ether oxygens (including phenoxy) is 1. The molecule has 0 atom stereocenters. The Morgan fingerprint density at radius 1 is 1.16 bits per heavy atom. The van der Waals surface area contributed by atoms with Crippen LogP contribution in [0.2, 0.25) is 5.02 Å². The minimum Gasteiger partial charge on any atom is -0.491 e. The Hall–Kier alpha value is -1.45. The van der Waals surface area contributed by atoms with Gasteiger partial charge in [-0.1, -0.05) is 29.8 Å². The molecule has 0 unspecified atom stereocenters. The van der Waals surface area contributed by atoms with E-state index in [2.05, 4.69) is 12.1 Å². The van der Waals surface area contributed by atoms with E-state index in [0.29, 0.717) is 22.9 Å². The maximum Gasteiger partial charge on any atom is 0.150 e. The topological polar surface area (TPSA) is 26.3 Å². The van der Waals surface area contributed by atoms with E-state index in [1.807, 2.05) is 18.2 Å². The van der Waals surface area contributed by atoms with Gasteiger partial charge in [-0.3, -0.25) is 4.79 Å². The van der Waals surface area contributed by atoms with Gasteiger partial charge in [-0.25, -0.2) is 0 Å². The summed E-state index contributed by atoms with van der Waals surface area (Å²) in [5, 5.41) is 0.467. The number of aldehydes is 1. The van der Waals surface area contributed by atoms with E-state index in [-0.39, 0.29) is 0 Å². The van der Waals surface area contributed by atoms with Gasteiger partial charge in [-0.15, -0.1) is 11.8 Å². The number of halogens is 1. The molecule has 0 saturated carbocycles. The molecule has 0 radical (unpaired) electrons. The minimum absolute atomic E-state index is 0.467. The highest BCUT2D eigenvalue weighted by Gasteiger charge is 2.02. The lowest BCUT2D eigenvalue weighted by molar-refractivity contribution is 0.112. The molecule has 2 aromatic carbocycles. The quantitative estimate of drug-likeness (QED) is 0.450. The lowest BCUT2D eigenvalue weighted by Crippen LogP contribution is -2.00. The third-order valence-electron chi connectivity index (χ3n) is 2.44. The van der Waals surface area contributed by atoms with Crippen molar-refractivity contribution in [3.8, 4) is 5.75 Å². The molecule has 2 aromatic rings. The number of carbonyl (C=O) groups excluding carboxylic acids is 1. The van der Waals surface area contributed by atoms with Crippen LogP contribution >= 0.6 is 23.4 Å². The lowest BCUT2D eigenvalue weighted by atomic mass is 10.2. The van der Waals surface area contributed by atoms with Crippen molar-refractivity contribution in [2.75, 3.05) is 12.4 Å². The van der Waals surface area contributed by atoms with Gasteiger partial charge in [0.2, 0.25) is 0 Å². The highest BCUT2D eigenvalue weighted by molar-refractivity contribution is 7.99. The summed E-state index contributed by atoms with van der Waals surface area (Å²) in [6, 6.07) is 15.2. The number of hydrogen-bond donors (Lipinski definition) is 0. The predicted molar refractivity (Wildman–Crippen MR) is 79.5 cm³/mol. The summed E-state index contributed by atoms with van der Waals surface area (Å²) in [5.74, 6) is 1.46. The normalized spacial score (nSPS) is 10.2. The van der Waals surface area contributed by atoms with Crippen molar-refractivity contribution in [2.45, 2.75) is 4.90 Å². The van der Waals surface area contributed by atoms with E-state index in [9.17, 15) is 4.79 Å². The van der Waals surface area contributed by atoms with Crippen LogP contribution in [0, 0.1) is 0 Å². The van der Waals surface area contributed by atoms with Crippen molar-refractivity contribution in [3.63, 3.8) is 0 Å². The first-order chi connectivity index (χ1) is 9.29. The Kier molecular flexibility index (Phi) is 5.31. The summed E-state index contributed by atoms with van der Waals surface area (Å²) in [6.07, 6.45) is 0.765. The summed E-state index contributed by atoms with van der Waals surface area (Å²) >= 11 is 7.74. The third kappa shape index (κ3) is 4.30. The molecule has 19 heavy (non-hydrogen) atoms. The Labute approximate surface area is 121 Å². The smallest absolute Gasteiger partial charge is 0.150 e. The number of benzene rings is 2. The average molecular weight is 293 g/mol. The molecule has 0 saturated heterocycles. The van der Waals surface area contributed by atoms with Crippen LogP contribution in [-0.4, -0.2) is 18.6 Å². The van der Waals surface area contributed by atoms with Gasteiger partial charge >= 0.3 is 0 Å². The largest absolute Gasteiger partial charge is 0.491 e. The molecule has 4 heteroatoms. The van der Waals surface area contributed by atoms with Crippen molar-refractivity contribution in [1.29, 1.82) is 0 Å². The van der Waals surface area contributed by atoms with Crippen molar-refractivity contribution in [3.05, 3.63) is 59.1 Å². The van der Waals surface area contributed by atoms with Crippen LogP contribution in [-0.2, 0) is 0 Å². The Morgan fingerprint density at radius 2 is 1.95 bits per heavy atom. The van der Waals surface area contributed by atoms with Crippen LogP contribution in [0.5, 0.6) is 5.75 Å². The molecule has 0 aliphatic rings. The zero-order valence-electron chi connectivity index (χ0n) is 10.2. The van der Waals surface area contributed by atoms with Crippen molar-refractivity contribution >= 4 is 29.6 Å². The maximum absolute atomic E-state index is 10.6. The number of carbonyl (C=O) groups is 1. The van der Waals surface area contributed by atoms with Crippen LogP contribution in [0.15, 0.2) is 53.4 Å². The molecule has 98 valence electrons.